The average molecular weight is 385 g/mol. The molecule has 0 saturated carbocycles. The number of alkyl halides is 1. The van der Waals surface area contributed by atoms with Gasteiger partial charge in [-0.1, -0.05) is 60.7 Å². The van der Waals surface area contributed by atoms with Gasteiger partial charge in [0.05, 0.1) is 5.92 Å². The van der Waals surface area contributed by atoms with Gasteiger partial charge in [-0.25, -0.2) is 0 Å². The summed E-state index contributed by atoms with van der Waals surface area (Å²) in [5, 5.41) is 3.20. The maximum atomic E-state index is 13.1. The summed E-state index contributed by atoms with van der Waals surface area (Å²) in [6.45, 7) is 1.34. The summed E-state index contributed by atoms with van der Waals surface area (Å²) in [5.41, 5.74) is 1.96. The van der Waals surface area contributed by atoms with E-state index < -0.39 is 0 Å². The summed E-state index contributed by atoms with van der Waals surface area (Å²) >= 11 is 5.66. The first-order chi connectivity index (χ1) is 13.2. The molecule has 1 fully saturated rings. The molecule has 2 aromatic carbocycles. The molecule has 1 N–H and O–H groups in total. The van der Waals surface area contributed by atoms with E-state index in [0.717, 1.165) is 24.0 Å². The number of nitrogens with one attached hydrogen (secondary N) is 1. The maximum absolute atomic E-state index is 13.1. The van der Waals surface area contributed by atoms with Crippen LogP contribution in [0.1, 0.15) is 36.3 Å². The molecule has 0 spiro atoms. The molecule has 0 bridgehead atoms. The SMILES string of the molecule is O=C(NC1CCN(C(=O)CCCl)CC1)C(c1ccccc1)c1ccccc1. The van der Waals surface area contributed by atoms with Crippen LogP contribution in [0, 0.1) is 0 Å². The summed E-state index contributed by atoms with van der Waals surface area (Å²) in [5.74, 6) is 0.133. The van der Waals surface area contributed by atoms with Gasteiger partial charge in [0, 0.05) is 31.4 Å². The van der Waals surface area contributed by atoms with Crippen LogP contribution >= 0.6 is 11.6 Å². The molecule has 142 valence electrons. The standard InChI is InChI=1S/C22H25ClN2O2/c23-14-11-20(26)25-15-12-19(13-16-25)24-22(27)21(17-7-3-1-4-8-17)18-9-5-2-6-10-18/h1-10,19,21H,11-16H2,(H,24,27). The number of carbonyl (C=O) groups is 2. The number of amides is 2. The summed E-state index contributed by atoms with van der Waals surface area (Å²) in [6, 6.07) is 19.8. The normalized spacial score (nSPS) is 15.0. The Hall–Kier alpha value is -2.33. The zero-order chi connectivity index (χ0) is 19.1. The predicted octanol–water partition coefficient (Wildman–Crippen LogP) is 3.55. The number of rotatable bonds is 6. The quantitative estimate of drug-likeness (QED) is 0.774. The average Bonchev–Trinajstić information content (AvgIpc) is 2.70. The highest BCUT2D eigenvalue weighted by Crippen LogP contribution is 2.25. The third-order valence-electron chi connectivity index (χ3n) is 5.03. The van der Waals surface area contributed by atoms with Crippen molar-refractivity contribution in [3.63, 3.8) is 0 Å². The lowest BCUT2D eigenvalue weighted by atomic mass is 9.90. The number of hydrogen-bond donors (Lipinski definition) is 1. The van der Waals surface area contributed by atoms with Crippen molar-refractivity contribution < 1.29 is 9.59 Å². The fourth-order valence-electron chi connectivity index (χ4n) is 3.58. The molecule has 1 aliphatic heterocycles. The van der Waals surface area contributed by atoms with E-state index in [1.165, 1.54) is 0 Å². The minimum atomic E-state index is -0.330. The highest BCUT2D eigenvalue weighted by atomic mass is 35.5. The Kier molecular flexibility index (Phi) is 6.88. The molecule has 4 nitrogen and oxygen atoms in total. The van der Waals surface area contributed by atoms with Crippen molar-refractivity contribution in [3.8, 4) is 0 Å². The van der Waals surface area contributed by atoms with Crippen molar-refractivity contribution in [1.82, 2.24) is 10.2 Å². The topological polar surface area (TPSA) is 49.4 Å². The molecular formula is C22H25ClN2O2. The molecule has 2 aromatic rings. The second kappa shape index (κ2) is 9.56. The lowest BCUT2D eigenvalue weighted by Gasteiger charge is -2.33. The molecule has 3 rings (SSSR count). The number of carbonyl (C=O) groups excluding carboxylic acids is 2. The fraction of sp³-hybridized carbons (Fsp3) is 0.364. The van der Waals surface area contributed by atoms with E-state index >= 15 is 0 Å². The number of nitrogens with zero attached hydrogens (tertiary/aromatic N) is 1. The second-order valence-corrected chi connectivity index (χ2v) is 7.23. The summed E-state index contributed by atoms with van der Waals surface area (Å²) in [7, 11) is 0. The number of piperidine rings is 1. The van der Waals surface area contributed by atoms with Crippen molar-refractivity contribution in [2.24, 2.45) is 0 Å². The highest BCUT2D eigenvalue weighted by molar-refractivity contribution is 6.18. The Morgan fingerprint density at radius 3 is 1.96 bits per heavy atom. The van der Waals surface area contributed by atoms with Crippen LogP contribution in [0.2, 0.25) is 0 Å². The largest absolute Gasteiger partial charge is 0.352 e. The van der Waals surface area contributed by atoms with Gasteiger partial charge < -0.3 is 10.2 Å². The molecule has 27 heavy (non-hydrogen) atoms. The van der Waals surface area contributed by atoms with E-state index in [9.17, 15) is 9.59 Å². The van der Waals surface area contributed by atoms with E-state index in [-0.39, 0.29) is 23.8 Å². The highest BCUT2D eigenvalue weighted by Gasteiger charge is 2.28. The van der Waals surface area contributed by atoms with Crippen molar-refractivity contribution >= 4 is 23.4 Å². The van der Waals surface area contributed by atoms with Crippen LogP contribution in [-0.4, -0.2) is 41.7 Å². The van der Waals surface area contributed by atoms with Gasteiger partial charge >= 0.3 is 0 Å². The second-order valence-electron chi connectivity index (χ2n) is 6.86. The number of likely N-dealkylation sites (tertiary alicyclic amines) is 1. The molecule has 0 unspecified atom stereocenters. The molecular weight excluding hydrogens is 360 g/mol. The minimum absolute atomic E-state index is 0.0120. The first kappa shape index (κ1) is 19.4. The van der Waals surface area contributed by atoms with Crippen LogP contribution in [0.15, 0.2) is 60.7 Å². The molecule has 0 atom stereocenters. The lowest BCUT2D eigenvalue weighted by Crippen LogP contribution is -2.47. The zero-order valence-corrected chi connectivity index (χ0v) is 16.1. The minimum Gasteiger partial charge on any atom is -0.352 e. The van der Waals surface area contributed by atoms with Crippen LogP contribution in [0.5, 0.6) is 0 Å². The molecule has 0 aromatic heterocycles. The van der Waals surface area contributed by atoms with E-state index in [1.807, 2.05) is 65.6 Å². The van der Waals surface area contributed by atoms with E-state index in [1.54, 1.807) is 0 Å². The number of hydrogen-bond acceptors (Lipinski definition) is 2. The van der Waals surface area contributed by atoms with Crippen molar-refractivity contribution in [2.45, 2.75) is 31.2 Å². The number of halogens is 1. The third kappa shape index (κ3) is 5.10. The van der Waals surface area contributed by atoms with Crippen molar-refractivity contribution in [1.29, 1.82) is 0 Å². The van der Waals surface area contributed by atoms with Gasteiger partial charge in [0.15, 0.2) is 0 Å². The summed E-state index contributed by atoms with van der Waals surface area (Å²) < 4.78 is 0. The summed E-state index contributed by atoms with van der Waals surface area (Å²) in [4.78, 5) is 26.9. The molecule has 5 heteroatoms. The Morgan fingerprint density at radius 1 is 0.963 bits per heavy atom. The predicted molar refractivity (Wildman–Crippen MR) is 108 cm³/mol. The Morgan fingerprint density at radius 2 is 1.48 bits per heavy atom. The van der Waals surface area contributed by atoms with Gasteiger partial charge in [-0.15, -0.1) is 11.6 Å². The van der Waals surface area contributed by atoms with E-state index in [2.05, 4.69) is 5.32 Å². The molecule has 1 heterocycles. The molecule has 0 radical (unpaired) electrons. The maximum Gasteiger partial charge on any atom is 0.232 e. The van der Waals surface area contributed by atoms with Crippen LogP contribution in [0.3, 0.4) is 0 Å². The van der Waals surface area contributed by atoms with Crippen LogP contribution in [-0.2, 0) is 9.59 Å². The molecule has 1 aliphatic rings. The monoisotopic (exact) mass is 384 g/mol. The van der Waals surface area contributed by atoms with Gasteiger partial charge in [-0.05, 0) is 24.0 Å². The molecule has 2 amide bonds. The van der Waals surface area contributed by atoms with Gasteiger partial charge in [-0.3, -0.25) is 9.59 Å². The lowest BCUT2D eigenvalue weighted by molar-refractivity contribution is -0.132. The van der Waals surface area contributed by atoms with Gasteiger partial charge in [0.2, 0.25) is 11.8 Å². The van der Waals surface area contributed by atoms with Crippen LogP contribution in [0.4, 0.5) is 0 Å². The first-order valence-corrected chi connectivity index (χ1v) is 9.96. The first-order valence-electron chi connectivity index (χ1n) is 9.43. The Labute approximate surface area is 165 Å². The fourth-order valence-corrected chi connectivity index (χ4v) is 3.74. The van der Waals surface area contributed by atoms with Gasteiger partial charge in [-0.2, -0.15) is 0 Å². The molecule has 0 aliphatic carbocycles. The summed E-state index contributed by atoms with van der Waals surface area (Å²) in [6.07, 6.45) is 1.93. The van der Waals surface area contributed by atoms with Gasteiger partial charge in [0.1, 0.15) is 0 Å². The smallest absolute Gasteiger partial charge is 0.232 e. The Balaban J connectivity index is 1.67. The van der Waals surface area contributed by atoms with Crippen LogP contribution in [0.25, 0.3) is 0 Å². The van der Waals surface area contributed by atoms with E-state index in [0.29, 0.717) is 25.4 Å². The molecule has 1 saturated heterocycles. The van der Waals surface area contributed by atoms with Crippen LogP contribution < -0.4 is 5.32 Å². The van der Waals surface area contributed by atoms with Crippen molar-refractivity contribution in [3.05, 3.63) is 71.8 Å². The zero-order valence-electron chi connectivity index (χ0n) is 15.3. The third-order valence-corrected chi connectivity index (χ3v) is 5.22. The van der Waals surface area contributed by atoms with E-state index in [4.69, 9.17) is 11.6 Å². The Bertz CT molecular complexity index is 704. The number of benzene rings is 2. The van der Waals surface area contributed by atoms with Crippen molar-refractivity contribution in [2.75, 3.05) is 19.0 Å². The van der Waals surface area contributed by atoms with Gasteiger partial charge in [0.25, 0.3) is 0 Å².